The summed E-state index contributed by atoms with van der Waals surface area (Å²) in [6.07, 6.45) is 0. The van der Waals surface area contributed by atoms with Crippen LogP contribution in [0.1, 0.15) is 13.8 Å². The van der Waals surface area contributed by atoms with Gasteiger partial charge in [0.1, 0.15) is 12.3 Å². The SMILES string of the molecule is CCOc1ccc(N(CC(=O)Nc2nnc(SCC)s2)S(=O)(=O)c2ccc(Cl)cc2)cc1. The molecular formula is C20H21ClN4O4S3. The van der Waals surface area contributed by atoms with Crippen molar-refractivity contribution in [2.75, 3.05) is 28.5 Å². The van der Waals surface area contributed by atoms with Crippen LogP contribution in [0.5, 0.6) is 5.75 Å². The van der Waals surface area contributed by atoms with E-state index in [9.17, 15) is 13.2 Å². The maximum absolute atomic E-state index is 13.4. The summed E-state index contributed by atoms with van der Waals surface area (Å²) in [5, 5.41) is 11.3. The van der Waals surface area contributed by atoms with Crippen LogP contribution in [0.2, 0.25) is 5.02 Å². The topological polar surface area (TPSA) is 101 Å². The van der Waals surface area contributed by atoms with Crippen LogP contribution in [-0.4, -0.2) is 43.4 Å². The molecule has 0 saturated carbocycles. The van der Waals surface area contributed by atoms with Crippen LogP contribution < -0.4 is 14.4 Å². The van der Waals surface area contributed by atoms with Gasteiger partial charge in [-0.05, 0) is 61.2 Å². The van der Waals surface area contributed by atoms with Gasteiger partial charge in [-0.15, -0.1) is 10.2 Å². The Morgan fingerprint density at radius 2 is 1.81 bits per heavy atom. The Kier molecular flexibility index (Phi) is 8.35. The molecule has 12 heteroatoms. The van der Waals surface area contributed by atoms with E-state index in [4.69, 9.17) is 16.3 Å². The fourth-order valence-corrected chi connectivity index (χ4v) is 5.87. The summed E-state index contributed by atoms with van der Waals surface area (Å²) in [6, 6.07) is 12.3. The Bertz CT molecular complexity index is 1150. The Balaban J connectivity index is 1.88. The highest BCUT2D eigenvalue weighted by atomic mass is 35.5. The Hall–Kier alpha value is -2.34. The number of halogens is 1. The van der Waals surface area contributed by atoms with Crippen molar-refractivity contribution in [2.45, 2.75) is 23.1 Å². The molecular weight excluding hydrogens is 492 g/mol. The van der Waals surface area contributed by atoms with Crippen LogP contribution in [0.15, 0.2) is 57.8 Å². The van der Waals surface area contributed by atoms with Crippen LogP contribution >= 0.6 is 34.7 Å². The minimum Gasteiger partial charge on any atom is -0.494 e. The quantitative estimate of drug-likeness (QED) is 0.314. The molecule has 1 aromatic heterocycles. The molecule has 0 fully saturated rings. The molecule has 1 N–H and O–H groups in total. The van der Waals surface area contributed by atoms with Crippen molar-refractivity contribution in [3.8, 4) is 5.75 Å². The van der Waals surface area contributed by atoms with Crippen LogP contribution in [0.25, 0.3) is 0 Å². The van der Waals surface area contributed by atoms with E-state index in [0.29, 0.717) is 28.2 Å². The minimum atomic E-state index is -4.05. The molecule has 3 aromatic rings. The normalized spacial score (nSPS) is 11.2. The zero-order valence-corrected chi connectivity index (χ0v) is 20.5. The second kappa shape index (κ2) is 11.0. The van der Waals surface area contributed by atoms with Crippen LogP contribution in [-0.2, 0) is 14.8 Å². The van der Waals surface area contributed by atoms with Gasteiger partial charge in [0.05, 0.1) is 17.2 Å². The monoisotopic (exact) mass is 512 g/mol. The zero-order valence-electron chi connectivity index (χ0n) is 17.3. The van der Waals surface area contributed by atoms with Crippen molar-refractivity contribution in [3.63, 3.8) is 0 Å². The number of amides is 1. The maximum atomic E-state index is 13.4. The summed E-state index contributed by atoms with van der Waals surface area (Å²) in [4.78, 5) is 12.7. The highest BCUT2D eigenvalue weighted by Gasteiger charge is 2.27. The van der Waals surface area contributed by atoms with Gasteiger partial charge in [0, 0.05) is 5.02 Å². The van der Waals surface area contributed by atoms with Gasteiger partial charge in [0.2, 0.25) is 11.0 Å². The van der Waals surface area contributed by atoms with Crippen LogP contribution in [0, 0.1) is 0 Å². The second-order valence-corrected chi connectivity index (χ2v) is 11.0. The molecule has 0 radical (unpaired) electrons. The largest absolute Gasteiger partial charge is 0.494 e. The van der Waals surface area contributed by atoms with Gasteiger partial charge in [0.15, 0.2) is 4.34 Å². The van der Waals surface area contributed by atoms with Gasteiger partial charge in [-0.2, -0.15) is 0 Å². The highest BCUT2D eigenvalue weighted by Crippen LogP contribution is 2.28. The first-order chi connectivity index (χ1) is 15.3. The van der Waals surface area contributed by atoms with Gasteiger partial charge in [0.25, 0.3) is 10.0 Å². The van der Waals surface area contributed by atoms with Gasteiger partial charge in [-0.1, -0.05) is 41.6 Å². The average molecular weight is 513 g/mol. The van der Waals surface area contributed by atoms with E-state index in [2.05, 4.69) is 15.5 Å². The minimum absolute atomic E-state index is 0.0149. The number of anilines is 2. The third kappa shape index (κ3) is 6.12. The number of ether oxygens (including phenoxy) is 1. The predicted molar refractivity (Wildman–Crippen MR) is 129 cm³/mol. The molecule has 0 aliphatic carbocycles. The fraction of sp³-hybridized carbons (Fsp3) is 0.250. The summed E-state index contributed by atoms with van der Waals surface area (Å²) in [5.41, 5.74) is 0.318. The van der Waals surface area contributed by atoms with Crippen molar-refractivity contribution in [1.29, 1.82) is 0 Å². The van der Waals surface area contributed by atoms with E-state index < -0.39 is 22.5 Å². The lowest BCUT2D eigenvalue weighted by Crippen LogP contribution is -2.38. The number of carbonyl (C=O) groups excluding carboxylic acids is 1. The number of hydrogen-bond donors (Lipinski definition) is 1. The molecule has 0 bridgehead atoms. The molecule has 2 aromatic carbocycles. The van der Waals surface area contributed by atoms with Gasteiger partial charge < -0.3 is 4.74 Å². The summed E-state index contributed by atoms with van der Waals surface area (Å²) < 4.78 is 33.9. The number of hydrogen-bond acceptors (Lipinski definition) is 8. The lowest BCUT2D eigenvalue weighted by Gasteiger charge is -2.24. The molecule has 1 amide bonds. The first-order valence-electron chi connectivity index (χ1n) is 9.60. The Morgan fingerprint density at radius 3 is 2.44 bits per heavy atom. The Morgan fingerprint density at radius 1 is 1.12 bits per heavy atom. The van der Waals surface area contributed by atoms with Gasteiger partial charge >= 0.3 is 0 Å². The van der Waals surface area contributed by atoms with E-state index in [1.807, 2.05) is 13.8 Å². The molecule has 0 aliphatic rings. The molecule has 0 saturated heterocycles. The number of benzene rings is 2. The van der Waals surface area contributed by atoms with Crippen LogP contribution in [0.3, 0.4) is 0 Å². The number of aromatic nitrogens is 2. The van der Waals surface area contributed by atoms with Crippen molar-refractivity contribution < 1.29 is 17.9 Å². The first-order valence-corrected chi connectivity index (χ1v) is 13.2. The highest BCUT2D eigenvalue weighted by molar-refractivity contribution is 8.01. The summed E-state index contributed by atoms with van der Waals surface area (Å²) in [7, 11) is -4.05. The number of sulfonamides is 1. The van der Waals surface area contributed by atoms with Crippen molar-refractivity contribution in [2.24, 2.45) is 0 Å². The predicted octanol–water partition coefficient (Wildman–Crippen LogP) is 4.54. The first kappa shape index (κ1) is 24.3. The fourth-order valence-electron chi connectivity index (χ4n) is 2.66. The molecule has 0 atom stereocenters. The average Bonchev–Trinajstić information content (AvgIpc) is 3.20. The number of nitrogens with zero attached hydrogens (tertiary/aromatic N) is 3. The summed E-state index contributed by atoms with van der Waals surface area (Å²) >= 11 is 8.64. The summed E-state index contributed by atoms with van der Waals surface area (Å²) in [5.74, 6) is 0.882. The maximum Gasteiger partial charge on any atom is 0.264 e. The number of thioether (sulfide) groups is 1. The molecule has 3 rings (SSSR count). The summed E-state index contributed by atoms with van der Waals surface area (Å²) in [6.45, 7) is 3.87. The van der Waals surface area contributed by atoms with E-state index in [1.54, 1.807) is 24.3 Å². The second-order valence-electron chi connectivity index (χ2n) is 6.25. The standard InChI is InChI=1S/C20H21ClN4O4S3/c1-3-29-16-9-7-15(8-10-16)25(32(27,28)17-11-5-14(21)6-12-17)13-18(26)22-19-23-24-20(31-19)30-4-2/h5-12H,3-4,13H2,1-2H3,(H,22,23,26). The molecule has 1 heterocycles. The van der Waals surface area contributed by atoms with Crippen LogP contribution in [0.4, 0.5) is 10.8 Å². The Labute approximate surface area is 200 Å². The molecule has 0 spiro atoms. The molecule has 0 unspecified atom stereocenters. The number of rotatable bonds is 10. The van der Waals surface area contributed by atoms with E-state index in [1.165, 1.54) is 47.4 Å². The lowest BCUT2D eigenvalue weighted by atomic mass is 10.3. The van der Waals surface area contributed by atoms with E-state index in [0.717, 1.165) is 14.4 Å². The number of nitrogens with one attached hydrogen (secondary N) is 1. The smallest absolute Gasteiger partial charge is 0.264 e. The molecule has 170 valence electrons. The van der Waals surface area contributed by atoms with Crippen molar-refractivity contribution in [3.05, 3.63) is 53.6 Å². The number of carbonyl (C=O) groups is 1. The molecule has 8 nitrogen and oxygen atoms in total. The van der Waals surface area contributed by atoms with E-state index >= 15 is 0 Å². The third-order valence-electron chi connectivity index (χ3n) is 4.05. The van der Waals surface area contributed by atoms with Gasteiger partial charge in [-0.25, -0.2) is 8.42 Å². The van der Waals surface area contributed by atoms with E-state index in [-0.39, 0.29) is 4.90 Å². The third-order valence-corrected chi connectivity index (χ3v) is 7.94. The van der Waals surface area contributed by atoms with Crippen molar-refractivity contribution in [1.82, 2.24) is 10.2 Å². The molecule has 32 heavy (non-hydrogen) atoms. The van der Waals surface area contributed by atoms with Crippen molar-refractivity contribution >= 4 is 61.4 Å². The lowest BCUT2D eigenvalue weighted by molar-refractivity contribution is -0.114. The molecule has 0 aliphatic heterocycles. The zero-order chi connectivity index (χ0) is 23.1. The van der Waals surface area contributed by atoms with Gasteiger partial charge in [-0.3, -0.25) is 14.4 Å².